The summed E-state index contributed by atoms with van der Waals surface area (Å²) in [5, 5.41) is 13.1. The van der Waals surface area contributed by atoms with Gasteiger partial charge in [0.25, 0.3) is 0 Å². The van der Waals surface area contributed by atoms with Crippen molar-refractivity contribution in [2.45, 2.75) is 19.2 Å². The van der Waals surface area contributed by atoms with Gasteiger partial charge in [-0.15, -0.1) is 0 Å². The maximum absolute atomic E-state index is 10.1. The van der Waals surface area contributed by atoms with E-state index in [-0.39, 0.29) is 12.6 Å². The Balaban J connectivity index is 1.98. The van der Waals surface area contributed by atoms with Crippen LogP contribution in [0.5, 0.6) is 11.5 Å². The number of ether oxygens (including phenoxy) is 2. The van der Waals surface area contributed by atoms with E-state index < -0.39 is 6.23 Å². The lowest BCUT2D eigenvalue weighted by Gasteiger charge is -2.18. The van der Waals surface area contributed by atoms with Crippen LogP contribution in [0.15, 0.2) is 42.5 Å². The SMILES string of the molecule is COc1cc(C(N)CN)ccc1OCC(O)Nc1cccc(C)c1. The van der Waals surface area contributed by atoms with Crippen LogP contribution in [0.3, 0.4) is 0 Å². The van der Waals surface area contributed by atoms with Gasteiger partial charge in [0.2, 0.25) is 0 Å². The molecular weight excluding hydrogens is 306 g/mol. The van der Waals surface area contributed by atoms with Crippen molar-refractivity contribution in [3.8, 4) is 11.5 Å². The molecule has 130 valence electrons. The molecular formula is C18H25N3O3. The van der Waals surface area contributed by atoms with E-state index in [4.69, 9.17) is 20.9 Å². The topological polar surface area (TPSA) is 103 Å². The molecule has 6 heteroatoms. The molecule has 6 nitrogen and oxygen atoms in total. The molecule has 0 aliphatic rings. The fourth-order valence-electron chi connectivity index (χ4n) is 2.31. The molecule has 0 saturated carbocycles. The van der Waals surface area contributed by atoms with E-state index in [1.54, 1.807) is 19.2 Å². The molecule has 0 bridgehead atoms. The van der Waals surface area contributed by atoms with Crippen molar-refractivity contribution in [1.82, 2.24) is 0 Å². The second-order valence-corrected chi connectivity index (χ2v) is 5.59. The van der Waals surface area contributed by atoms with Gasteiger partial charge >= 0.3 is 0 Å². The van der Waals surface area contributed by atoms with Crippen LogP contribution in [0.1, 0.15) is 17.2 Å². The molecule has 2 aromatic rings. The molecule has 2 aromatic carbocycles. The number of hydrogen-bond acceptors (Lipinski definition) is 6. The highest BCUT2D eigenvalue weighted by Crippen LogP contribution is 2.29. The van der Waals surface area contributed by atoms with E-state index in [9.17, 15) is 5.11 Å². The number of aliphatic hydroxyl groups excluding tert-OH is 1. The fourth-order valence-corrected chi connectivity index (χ4v) is 2.31. The van der Waals surface area contributed by atoms with E-state index in [2.05, 4.69) is 5.32 Å². The number of nitrogens with one attached hydrogen (secondary N) is 1. The van der Waals surface area contributed by atoms with Crippen LogP contribution in [-0.4, -0.2) is 31.6 Å². The van der Waals surface area contributed by atoms with Gasteiger partial charge in [-0.3, -0.25) is 0 Å². The van der Waals surface area contributed by atoms with Gasteiger partial charge in [0.05, 0.1) is 7.11 Å². The summed E-state index contributed by atoms with van der Waals surface area (Å²) in [5.41, 5.74) is 14.3. The molecule has 0 aromatic heterocycles. The van der Waals surface area contributed by atoms with E-state index in [1.165, 1.54) is 0 Å². The summed E-state index contributed by atoms with van der Waals surface area (Å²) < 4.78 is 11.0. The summed E-state index contributed by atoms with van der Waals surface area (Å²) in [6.45, 7) is 2.42. The lowest BCUT2D eigenvalue weighted by atomic mass is 10.1. The first-order valence-electron chi connectivity index (χ1n) is 7.81. The number of nitrogens with two attached hydrogens (primary N) is 2. The van der Waals surface area contributed by atoms with Gasteiger partial charge in [0.15, 0.2) is 17.7 Å². The lowest BCUT2D eigenvalue weighted by Crippen LogP contribution is -2.26. The van der Waals surface area contributed by atoms with E-state index in [1.807, 2.05) is 37.3 Å². The molecule has 6 N–H and O–H groups in total. The second-order valence-electron chi connectivity index (χ2n) is 5.59. The van der Waals surface area contributed by atoms with Crippen molar-refractivity contribution in [3.63, 3.8) is 0 Å². The number of methoxy groups -OCH3 is 1. The number of aliphatic hydroxyl groups is 1. The van der Waals surface area contributed by atoms with Crippen LogP contribution >= 0.6 is 0 Å². The smallest absolute Gasteiger partial charge is 0.161 e. The Bertz CT molecular complexity index is 664. The van der Waals surface area contributed by atoms with Gasteiger partial charge in [0, 0.05) is 18.3 Å². The fraction of sp³-hybridized carbons (Fsp3) is 0.333. The van der Waals surface area contributed by atoms with E-state index in [0.717, 1.165) is 16.8 Å². The monoisotopic (exact) mass is 331 g/mol. The standard InChI is InChI=1S/C18H25N3O3/c1-12-4-3-5-14(8-12)21-18(22)11-24-16-7-6-13(15(20)10-19)9-17(16)23-2/h3-9,15,18,21-22H,10-11,19-20H2,1-2H3. The minimum atomic E-state index is -0.845. The summed E-state index contributed by atoms with van der Waals surface area (Å²) in [4.78, 5) is 0. The summed E-state index contributed by atoms with van der Waals surface area (Å²) >= 11 is 0. The summed E-state index contributed by atoms with van der Waals surface area (Å²) in [7, 11) is 1.56. The van der Waals surface area contributed by atoms with Gasteiger partial charge in [-0.05, 0) is 42.3 Å². The van der Waals surface area contributed by atoms with E-state index in [0.29, 0.717) is 18.0 Å². The summed E-state index contributed by atoms with van der Waals surface area (Å²) in [5.74, 6) is 1.09. The Kier molecular flexibility index (Phi) is 6.43. The van der Waals surface area contributed by atoms with Crippen molar-refractivity contribution < 1.29 is 14.6 Å². The van der Waals surface area contributed by atoms with Crippen molar-refractivity contribution in [1.29, 1.82) is 0 Å². The average molecular weight is 331 g/mol. The van der Waals surface area contributed by atoms with Crippen molar-refractivity contribution in [2.24, 2.45) is 11.5 Å². The average Bonchev–Trinajstić information content (AvgIpc) is 2.59. The van der Waals surface area contributed by atoms with Crippen molar-refractivity contribution in [2.75, 3.05) is 25.6 Å². The highest BCUT2D eigenvalue weighted by atomic mass is 16.5. The minimum Gasteiger partial charge on any atom is -0.493 e. The zero-order valence-electron chi connectivity index (χ0n) is 14.0. The third kappa shape index (κ3) is 4.86. The Morgan fingerprint density at radius 3 is 2.62 bits per heavy atom. The van der Waals surface area contributed by atoms with Crippen LogP contribution in [-0.2, 0) is 0 Å². The lowest BCUT2D eigenvalue weighted by molar-refractivity contribution is 0.127. The number of hydrogen-bond donors (Lipinski definition) is 4. The molecule has 0 aliphatic carbocycles. The Hall–Kier alpha value is -2.28. The maximum Gasteiger partial charge on any atom is 0.161 e. The Morgan fingerprint density at radius 2 is 1.96 bits per heavy atom. The van der Waals surface area contributed by atoms with E-state index >= 15 is 0 Å². The molecule has 0 radical (unpaired) electrons. The highest BCUT2D eigenvalue weighted by Gasteiger charge is 2.12. The quantitative estimate of drug-likeness (QED) is 0.550. The van der Waals surface area contributed by atoms with Gasteiger partial charge < -0.3 is 31.4 Å². The zero-order valence-corrected chi connectivity index (χ0v) is 14.0. The van der Waals surface area contributed by atoms with Crippen molar-refractivity contribution >= 4 is 5.69 Å². The zero-order chi connectivity index (χ0) is 17.5. The number of aryl methyl sites for hydroxylation is 1. The molecule has 2 atom stereocenters. The third-order valence-electron chi connectivity index (χ3n) is 3.62. The van der Waals surface area contributed by atoms with Crippen LogP contribution in [0.25, 0.3) is 0 Å². The molecule has 2 rings (SSSR count). The number of anilines is 1. The molecule has 2 unspecified atom stereocenters. The Labute approximate surface area is 142 Å². The van der Waals surface area contributed by atoms with Crippen LogP contribution < -0.4 is 26.3 Å². The normalized spacial score (nSPS) is 13.2. The molecule has 0 heterocycles. The number of benzene rings is 2. The molecule has 24 heavy (non-hydrogen) atoms. The molecule has 0 amide bonds. The first-order chi connectivity index (χ1) is 11.5. The van der Waals surface area contributed by atoms with Crippen molar-refractivity contribution in [3.05, 3.63) is 53.6 Å². The van der Waals surface area contributed by atoms with Gasteiger partial charge in [-0.2, -0.15) is 0 Å². The molecule has 0 spiro atoms. The van der Waals surface area contributed by atoms with Gasteiger partial charge in [-0.25, -0.2) is 0 Å². The first kappa shape index (κ1) is 18.1. The van der Waals surface area contributed by atoms with Gasteiger partial charge in [0.1, 0.15) is 6.61 Å². The second kappa shape index (κ2) is 8.54. The van der Waals surface area contributed by atoms with Crippen LogP contribution in [0.4, 0.5) is 5.69 Å². The number of rotatable bonds is 8. The Morgan fingerprint density at radius 1 is 1.17 bits per heavy atom. The summed E-state index contributed by atoms with van der Waals surface area (Å²) in [6.07, 6.45) is -0.845. The molecule has 0 fully saturated rings. The van der Waals surface area contributed by atoms with Gasteiger partial charge in [-0.1, -0.05) is 18.2 Å². The minimum absolute atomic E-state index is 0.0760. The predicted octanol–water partition coefficient (Wildman–Crippen LogP) is 1.77. The highest BCUT2D eigenvalue weighted by molar-refractivity contribution is 5.46. The first-order valence-corrected chi connectivity index (χ1v) is 7.81. The predicted molar refractivity (Wildman–Crippen MR) is 95.3 cm³/mol. The molecule has 0 saturated heterocycles. The summed E-state index contributed by atoms with van der Waals surface area (Å²) in [6, 6.07) is 12.9. The van der Waals surface area contributed by atoms with Crippen LogP contribution in [0, 0.1) is 6.92 Å². The maximum atomic E-state index is 10.1. The van der Waals surface area contributed by atoms with Crippen LogP contribution in [0.2, 0.25) is 0 Å². The third-order valence-corrected chi connectivity index (χ3v) is 3.62. The molecule has 0 aliphatic heterocycles. The largest absolute Gasteiger partial charge is 0.493 e.